The quantitative estimate of drug-likeness (QED) is 0.572. The number of ether oxygens (including phenoxy) is 1. The number of allylic oxidation sites excluding steroid dienone is 1. The van der Waals surface area contributed by atoms with Gasteiger partial charge in [0.15, 0.2) is 0 Å². The van der Waals surface area contributed by atoms with Crippen LogP contribution in [0, 0.1) is 11.8 Å². The van der Waals surface area contributed by atoms with E-state index in [1.807, 2.05) is 0 Å². The van der Waals surface area contributed by atoms with Crippen LogP contribution in [0.5, 0.6) is 0 Å². The van der Waals surface area contributed by atoms with E-state index in [2.05, 4.69) is 0 Å². The maximum Gasteiger partial charge on any atom is 0.330 e. The second kappa shape index (κ2) is 6.62. The van der Waals surface area contributed by atoms with Crippen LogP contribution in [-0.2, 0) is 9.53 Å². The normalized spacial score (nSPS) is 26.8. The highest BCUT2D eigenvalue weighted by atomic mass is 16.5. The molecule has 1 fully saturated rings. The Morgan fingerprint density at radius 3 is 2.47 bits per heavy atom. The van der Waals surface area contributed by atoms with Gasteiger partial charge in [-0.2, -0.15) is 0 Å². The van der Waals surface area contributed by atoms with E-state index in [9.17, 15) is 4.79 Å². The summed E-state index contributed by atoms with van der Waals surface area (Å²) in [5, 5.41) is 8.97. The molecule has 1 N–H and O–H groups in total. The van der Waals surface area contributed by atoms with Crippen LogP contribution in [0.25, 0.3) is 0 Å². The van der Waals surface area contributed by atoms with E-state index in [-0.39, 0.29) is 5.97 Å². The van der Waals surface area contributed by atoms with Crippen molar-refractivity contribution in [3.05, 3.63) is 12.2 Å². The van der Waals surface area contributed by atoms with E-state index in [0.717, 1.165) is 25.7 Å². The van der Waals surface area contributed by atoms with E-state index >= 15 is 0 Å². The summed E-state index contributed by atoms with van der Waals surface area (Å²) >= 11 is 0. The summed E-state index contributed by atoms with van der Waals surface area (Å²) in [6, 6.07) is 0. The molecule has 0 unspecified atom stereocenters. The predicted molar refractivity (Wildman–Crippen MR) is 58.3 cm³/mol. The van der Waals surface area contributed by atoms with Crippen LogP contribution in [0.1, 0.15) is 32.6 Å². The minimum Gasteiger partial charge on any atom is -0.462 e. The minimum atomic E-state index is -0.248. The van der Waals surface area contributed by atoms with E-state index in [1.165, 1.54) is 6.08 Å². The van der Waals surface area contributed by atoms with Crippen LogP contribution in [0.4, 0.5) is 0 Å². The molecular weight excluding hydrogens is 192 g/mol. The Morgan fingerprint density at radius 2 is 1.93 bits per heavy atom. The third kappa shape index (κ3) is 4.47. The van der Waals surface area contributed by atoms with Crippen molar-refractivity contribution in [1.29, 1.82) is 0 Å². The Morgan fingerprint density at radius 1 is 1.33 bits per heavy atom. The predicted octanol–water partition coefficient (Wildman–Crippen LogP) is 1.90. The van der Waals surface area contributed by atoms with Gasteiger partial charge >= 0.3 is 5.97 Å². The molecule has 0 saturated heterocycles. The van der Waals surface area contributed by atoms with E-state index < -0.39 is 0 Å². The van der Waals surface area contributed by atoms with Crippen molar-refractivity contribution in [2.75, 3.05) is 13.2 Å². The number of hydrogen-bond donors (Lipinski definition) is 1. The number of hydrogen-bond acceptors (Lipinski definition) is 3. The average molecular weight is 212 g/mol. The molecule has 0 radical (unpaired) electrons. The van der Waals surface area contributed by atoms with Gasteiger partial charge in [-0.3, -0.25) is 0 Å². The summed E-state index contributed by atoms with van der Waals surface area (Å²) in [4.78, 5) is 11.1. The zero-order valence-electron chi connectivity index (χ0n) is 9.32. The molecule has 3 heteroatoms. The molecule has 1 rings (SSSR count). The molecule has 86 valence electrons. The van der Waals surface area contributed by atoms with Crippen molar-refractivity contribution in [2.45, 2.75) is 32.6 Å². The smallest absolute Gasteiger partial charge is 0.330 e. The standard InChI is InChI=1S/C12H20O3/c1-2-3-12(14)15-9-11-6-4-10(8-13)5-7-11/h2-3,10-11,13H,4-9H2,1H3. The number of aliphatic hydroxyl groups is 1. The molecule has 0 bridgehead atoms. The topological polar surface area (TPSA) is 46.5 Å². The molecular formula is C12H20O3. The first kappa shape index (κ1) is 12.2. The first-order valence-electron chi connectivity index (χ1n) is 5.66. The molecule has 1 saturated carbocycles. The molecule has 0 aliphatic heterocycles. The number of carbonyl (C=O) groups excluding carboxylic acids is 1. The number of aliphatic hydroxyl groups excluding tert-OH is 1. The highest BCUT2D eigenvalue weighted by Crippen LogP contribution is 2.28. The maximum absolute atomic E-state index is 11.1. The zero-order chi connectivity index (χ0) is 11.1. The molecule has 1 aliphatic carbocycles. The average Bonchev–Trinajstić information content (AvgIpc) is 2.27. The minimum absolute atomic E-state index is 0.248. The number of carbonyl (C=O) groups is 1. The monoisotopic (exact) mass is 212 g/mol. The van der Waals surface area contributed by atoms with Crippen LogP contribution < -0.4 is 0 Å². The van der Waals surface area contributed by atoms with Crippen molar-refractivity contribution in [3.63, 3.8) is 0 Å². The van der Waals surface area contributed by atoms with Gasteiger partial charge in [-0.15, -0.1) is 0 Å². The second-order valence-electron chi connectivity index (χ2n) is 4.20. The summed E-state index contributed by atoms with van der Waals surface area (Å²) < 4.78 is 5.10. The Labute approximate surface area is 91.1 Å². The van der Waals surface area contributed by atoms with Crippen LogP contribution >= 0.6 is 0 Å². The van der Waals surface area contributed by atoms with Crippen LogP contribution in [0.15, 0.2) is 12.2 Å². The molecule has 3 nitrogen and oxygen atoms in total. The van der Waals surface area contributed by atoms with Gasteiger partial charge in [0.05, 0.1) is 6.61 Å². The second-order valence-corrected chi connectivity index (χ2v) is 4.20. The highest BCUT2D eigenvalue weighted by Gasteiger charge is 2.21. The summed E-state index contributed by atoms with van der Waals surface area (Å²) in [6.07, 6.45) is 7.37. The largest absolute Gasteiger partial charge is 0.462 e. The Kier molecular flexibility index (Phi) is 5.40. The molecule has 0 aromatic rings. The fraction of sp³-hybridized carbons (Fsp3) is 0.750. The van der Waals surface area contributed by atoms with Crippen molar-refractivity contribution >= 4 is 5.97 Å². The SMILES string of the molecule is CC=CC(=O)OCC1CCC(CO)CC1. The molecule has 15 heavy (non-hydrogen) atoms. The maximum atomic E-state index is 11.1. The van der Waals surface area contributed by atoms with Gasteiger partial charge in [-0.05, 0) is 44.4 Å². The van der Waals surface area contributed by atoms with Gasteiger partial charge in [-0.1, -0.05) is 6.08 Å². The van der Waals surface area contributed by atoms with Gasteiger partial charge < -0.3 is 9.84 Å². The third-order valence-corrected chi connectivity index (χ3v) is 2.99. The highest BCUT2D eigenvalue weighted by molar-refractivity contribution is 5.81. The molecule has 0 atom stereocenters. The first-order valence-corrected chi connectivity index (χ1v) is 5.66. The lowest BCUT2D eigenvalue weighted by atomic mass is 9.83. The van der Waals surface area contributed by atoms with E-state index in [4.69, 9.17) is 9.84 Å². The lowest BCUT2D eigenvalue weighted by molar-refractivity contribution is -0.139. The van der Waals surface area contributed by atoms with E-state index in [0.29, 0.717) is 25.0 Å². The Bertz CT molecular complexity index is 215. The summed E-state index contributed by atoms with van der Waals surface area (Å²) in [5.41, 5.74) is 0. The zero-order valence-corrected chi connectivity index (χ0v) is 9.32. The van der Waals surface area contributed by atoms with E-state index in [1.54, 1.807) is 13.0 Å². The molecule has 1 aliphatic rings. The van der Waals surface area contributed by atoms with Gasteiger partial charge in [-0.25, -0.2) is 4.79 Å². The van der Waals surface area contributed by atoms with Crippen LogP contribution in [-0.4, -0.2) is 24.3 Å². The van der Waals surface area contributed by atoms with Crippen molar-refractivity contribution in [2.24, 2.45) is 11.8 Å². The van der Waals surface area contributed by atoms with Gasteiger partial charge in [0.2, 0.25) is 0 Å². The summed E-state index contributed by atoms with van der Waals surface area (Å²) in [6.45, 7) is 2.63. The summed E-state index contributed by atoms with van der Waals surface area (Å²) in [7, 11) is 0. The van der Waals surface area contributed by atoms with Crippen molar-refractivity contribution in [1.82, 2.24) is 0 Å². The van der Waals surface area contributed by atoms with Gasteiger partial charge in [0.25, 0.3) is 0 Å². The van der Waals surface area contributed by atoms with Gasteiger partial charge in [0.1, 0.15) is 0 Å². The third-order valence-electron chi connectivity index (χ3n) is 2.99. The number of rotatable bonds is 4. The molecule has 0 aromatic carbocycles. The lowest BCUT2D eigenvalue weighted by Crippen LogP contribution is -2.21. The van der Waals surface area contributed by atoms with Crippen LogP contribution in [0.2, 0.25) is 0 Å². The molecule has 0 spiro atoms. The van der Waals surface area contributed by atoms with Crippen LogP contribution in [0.3, 0.4) is 0 Å². The molecule has 0 heterocycles. The molecule has 0 aromatic heterocycles. The fourth-order valence-electron chi connectivity index (χ4n) is 1.96. The Hall–Kier alpha value is -0.830. The van der Waals surface area contributed by atoms with Crippen molar-refractivity contribution < 1.29 is 14.6 Å². The summed E-state index contributed by atoms with van der Waals surface area (Å²) in [5.74, 6) is 0.705. The lowest BCUT2D eigenvalue weighted by Gasteiger charge is -2.26. The molecule has 0 amide bonds. The number of esters is 1. The van der Waals surface area contributed by atoms with Crippen molar-refractivity contribution in [3.8, 4) is 0 Å². The first-order chi connectivity index (χ1) is 7.26. The Balaban J connectivity index is 2.16. The fourth-order valence-corrected chi connectivity index (χ4v) is 1.96. The van der Waals surface area contributed by atoms with Gasteiger partial charge in [0, 0.05) is 12.7 Å².